The summed E-state index contributed by atoms with van der Waals surface area (Å²) >= 11 is 1.74. The largest absolute Gasteiger partial charge is 0.444 e. The molecule has 6 nitrogen and oxygen atoms in total. The van der Waals surface area contributed by atoms with Crippen LogP contribution >= 0.6 is 11.8 Å². The summed E-state index contributed by atoms with van der Waals surface area (Å²) in [5.41, 5.74) is 2.56. The lowest BCUT2D eigenvalue weighted by Gasteiger charge is -2.25. The van der Waals surface area contributed by atoms with E-state index in [1.54, 1.807) is 11.8 Å². The Kier molecular flexibility index (Phi) is 10.5. The summed E-state index contributed by atoms with van der Waals surface area (Å²) in [6.07, 6.45) is 5.89. The zero-order chi connectivity index (χ0) is 26.0. The minimum atomic E-state index is -0.642. The third-order valence-electron chi connectivity index (χ3n) is 6.30. The van der Waals surface area contributed by atoms with E-state index in [1.807, 2.05) is 70.3 Å². The van der Waals surface area contributed by atoms with E-state index in [2.05, 4.69) is 27.7 Å². The number of nitrogens with one attached hydrogen (secondary N) is 2. The Morgan fingerprint density at radius 3 is 2.28 bits per heavy atom. The summed E-state index contributed by atoms with van der Waals surface area (Å²) in [7, 11) is 2.03. The number of benzene rings is 2. The van der Waals surface area contributed by atoms with E-state index in [0.29, 0.717) is 18.2 Å². The first kappa shape index (κ1) is 27.9. The van der Waals surface area contributed by atoms with Gasteiger partial charge in [-0.3, -0.25) is 4.79 Å². The van der Waals surface area contributed by atoms with Gasteiger partial charge in [-0.2, -0.15) is 11.8 Å². The van der Waals surface area contributed by atoms with Gasteiger partial charge in [0.05, 0.1) is 0 Å². The second-order valence-electron chi connectivity index (χ2n) is 10.5. The summed E-state index contributed by atoms with van der Waals surface area (Å²) < 4.78 is 5.41. The Morgan fingerprint density at radius 2 is 1.64 bits per heavy atom. The third kappa shape index (κ3) is 9.41. The average Bonchev–Trinajstić information content (AvgIpc) is 2.86. The van der Waals surface area contributed by atoms with Gasteiger partial charge in [-0.25, -0.2) is 4.79 Å². The van der Waals surface area contributed by atoms with Gasteiger partial charge in [0.15, 0.2) is 0 Å². The quantitative estimate of drug-likeness (QED) is 0.393. The van der Waals surface area contributed by atoms with Crippen LogP contribution in [-0.2, 0) is 16.1 Å². The normalized spacial score (nSPS) is 15.1. The van der Waals surface area contributed by atoms with Crippen molar-refractivity contribution in [2.24, 2.45) is 5.92 Å². The molecule has 3 rings (SSSR count). The lowest BCUT2D eigenvalue weighted by molar-refractivity contribution is -0.122. The maximum atomic E-state index is 13.1. The van der Waals surface area contributed by atoms with E-state index in [4.69, 9.17) is 4.74 Å². The molecule has 36 heavy (non-hydrogen) atoms. The molecule has 2 aromatic rings. The summed E-state index contributed by atoms with van der Waals surface area (Å²) in [5.74, 6) is 2.07. The molecule has 1 aliphatic carbocycles. The Balaban J connectivity index is 1.55. The van der Waals surface area contributed by atoms with Crippen LogP contribution in [0.1, 0.15) is 58.4 Å². The molecule has 2 N–H and O–H groups in total. The van der Waals surface area contributed by atoms with Gasteiger partial charge in [-0.1, -0.05) is 49.6 Å². The number of anilines is 2. The first-order valence-electron chi connectivity index (χ1n) is 12.9. The molecule has 1 aliphatic rings. The molecule has 7 heteroatoms. The van der Waals surface area contributed by atoms with Crippen LogP contribution in [0.2, 0.25) is 0 Å². The van der Waals surface area contributed by atoms with E-state index < -0.39 is 17.7 Å². The number of thioether (sulfide) groups is 1. The number of hydrogen-bond donors (Lipinski definition) is 2. The molecule has 0 aromatic heterocycles. The van der Waals surface area contributed by atoms with E-state index >= 15 is 0 Å². The van der Waals surface area contributed by atoms with E-state index in [0.717, 1.165) is 22.7 Å². The van der Waals surface area contributed by atoms with Gasteiger partial charge in [0.25, 0.3) is 0 Å². The Labute approximate surface area is 220 Å². The highest BCUT2D eigenvalue weighted by molar-refractivity contribution is 7.99. The highest BCUT2D eigenvalue weighted by atomic mass is 32.2. The van der Waals surface area contributed by atoms with Crippen molar-refractivity contribution < 1.29 is 14.3 Å². The summed E-state index contributed by atoms with van der Waals surface area (Å²) in [6, 6.07) is 17.7. The second-order valence-corrected chi connectivity index (χ2v) is 11.6. The van der Waals surface area contributed by atoms with Crippen molar-refractivity contribution in [3.63, 3.8) is 0 Å². The summed E-state index contributed by atoms with van der Waals surface area (Å²) in [5, 5.41) is 5.79. The molecule has 196 valence electrons. The van der Waals surface area contributed by atoms with Crippen LogP contribution in [0.3, 0.4) is 0 Å². The first-order chi connectivity index (χ1) is 17.2. The van der Waals surface area contributed by atoms with Crippen molar-refractivity contribution in [1.82, 2.24) is 10.6 Å². The summed E-state index contributed by atoms with van der Waals surface area (Å²) in [6.45, 7) is 5.85. The molecule has 2 aromatic carbocycles. The highest BCUT2D eigenvalue weighted by Gasteiger charge is 2.25. The molecule has 1 fully saturated rings. The number of hydrogen-bond acceptors (Lipinski definition) is 5. The number of nitrogens with zero attached hydrogens (tertiary/aromatic N) is 1. The molecular formula is C29H41N3O3S. The van der Waals surface area contributed by atoms with E-state index in [-0.39, 0.29) is 5.91 Å². The molecule has 0 spiro atoms. The molecule has 1 saturated carbocycles. The lowest BCUT2D eigenvalue weighted by Crippen LogP contribution is -2.49. The van der Waals surface area contributed by atoms with Gasteiger partial charge in [-0.15, -0.1) is 0 Å². The van der Waals surface area contributed by atoms with E-state index in [1.165, 1.54) is 32.1 Å². The number of carbonyl (C=O) groups excluding carboxylic acids is 2. The van der Waals surface area contributed by atoms with Gasteiger partial charge >= 0.3 is 6.09 Å². The number of carbonyl (C=O) groups is 2. The molecule has 1 atom stereocenters. The predicted molar refractivity (Wildman–Crippen MR) is 150 cm³/mol. The van der Waals surface area contributed by atoms with Crippen LogP contribution in [-0.4, -0.2) is 42.2 Å². The Bertz CT molecular complexity index is 954. The fourth-order valence-corrected chi connectivity index (χ4v) is 5.56. The molecule has 0 unspecified atom stereocenters. The first-order valence-corrected chi connectivity index (χ1v) is 14.1. The van der Waals surface area contributed by atoms with Crippen molar-refractivity contribution in [3.8, 4) is 0 Å². The highest BCUT2D eigenvalue weighted by Crippen LogP contribution is 2.27. The average molecular weight is 512 g/mol. The van der Waals surface area contributed by atoms with Crippen LogP contribution in [0.4, 0.5) is 16.2 Å². The van der Waals surface area contributed by atoms with Gasteiger partial charge in [0.2, 0.25) is 5.91 Å². The molecule has 0 radical (unpaired) electrons. The van der Waals surface area contributed by atoms with Gasteiger partial charge in [-0.05, 0) is 75.1 Å². The van der Waals surface area contributed by atoms with Crippen LogP contribution in [0.25, 0.3) is 0 Å². The number of alkyl carbamates (subject to hydrolysis) is 1. The van der Waals surface area contributed by atoms with Crippen molar-refractivity contribution in [3.05, 3.63) is 60.2 Å². The van der Waals surface area contributed by atoms with Crippen LogP contribution in [0.5, 0.6) is 0 Å². The van der Waals surface area contributed by atoms with Crippen molar-refractivity contribution >= 4 is 35.1 Å². The standard InChI is InChI=1S/C29H41N3O3S/c1-29(2,3)35-28(34)31-26(21-36-20-23-11-7-5-8-12-23)27(33)30-19-22-15-17-25(18-16-22)32(4)24-13-9-6-10-14-24/h6,9-10,13-18,23,26H,5,7-8,11-12,19-21H2,1-4H3,(H,30,33)(H,31,34)/t26-/m0/s1. The number of rotatable bonds is 10. The number of amides is 2. The summed E-state index contributed by atoms with van der Waals surface area (Å²) in [4.78, 5) is 27.6. The minimum Gasteiger partial charge on any atom is -0.444 e. The fraction of sp³-hybridized carbons (Fsp3) is 0.517. The van der Waals surface area contributed by atoms with Crippen LogP contribution < -0.4 is 15.5 Å². The van der Waals surface area contributed by atoms with Crippen LogP contribution in [0.15, 0.2) is 54.6 Å². The van der Waals surface area contributed by atoms with Crippen LogP contribution in [0, 0.1) is 5.92 Å². The van der Waals surface area contributed by atoms with Gasteiger partial charge < -0.3 is 20.3 Å². The monoisotopic (exact) mass is 511 g/mol. The van der Waals surface area contributed by atoms with Crippen molar-refractivity contribution in [2.75, 3.05) is 23.5 Å². The molecule has 0 aliphatic heterocycles. The molecule has 2 amide bonds. The molecular weight excluding hydrogens is 470 g/mol. The fourth-order valence-electron chi connectivity index (χ4n) is 4.29. The number of ether oxygens (including phenoxy) is 1. The maximum Gasteiger partial charge on any atom is 0.408 e. The molecule has 0 saturated heterocycles. The molecule has 0 bridgehead atoms. The third-order valence-corrected chi connectivity index (χ3v) is 7.58. The van der Waals surface area contributed by atoms with Gasteiger partial charge in [0.1, 0.15) is 11.6 Å². The molecule has 0 heterocycles. The number of para-hydroxylation sites is 1. The zero-order valence-electron chi connectivity index (χ0n) is 22.1. The van der Waals surface area contributed by atoms with Gasteiger partial charge in [0, 0.05) is 30.7 Å². The lowest BCUT2D eigenvalue weighted by atomic mass is 9.91. The Hall–Kier alpha value is -2.67. The SMILES string of the molecule is CN(c1ccccc1)c1ccc(CNC(=O)[C@H](CSCC2CCCCC2)NC(=O)OC(C)(C)C)cc1. The predicted octanol–water partition coefficient (Wildman–Crippen LogP) is 6.28. The maximum absolute atomic E-state index is 13.1. The van der Waals surface area contributed by atoms with Crippen molar-refractivity contribution in [2.45, 2.75) is 71.1 Å². The van der Waals surface area contributed by atoms with Crippen molar-refractivity contribution in [1.29, 1.82) is 0 Å². The Morgan fingerprint density at radius 1 is 1.00 bits per heavy atom. The minimum absolute atomic E-state index is 0.192. The van der Waals surface area contributed by atoms with E-state index in [9.17, 15) is 9.59 Å². The smallest absolute Gasteiger partial charge is 0.408 e. The zero-order valence-corrected chi connectivity index (χ0v) is 22.9. The second kappa shape index (κ2) is 13.6. The topological polar surface area (TPSA) is 70.7 Å².